The van der Waals surface area contributed by atoms with Gasteiger partial charge in [0.2, 0.25) is 0 Å². The molecule has 1 saturated heterocycles. The molecular weight excluding hydrogens is 304 g/mol. The summed E-state index contributed by atoms with van der Waals surface area (Å²) >= 11 is 0. The van der Waals surface area contributed by atoms with Crippen LogP contribution >= 0.6 is 0 Å². The minimum absolute atomic E-state index is 0.0170. The molecule has 1 rings (SSSR count). The molecule has 0 amide bonds. The average molecular weight is 334 g/mol. The third-order valence-corrected chi connectivity index (χ3v) is 9.47. The lowest BCUT2D eigenvalue weighted by Gasteiger charge is -2.38. The highest BCUT2D eigenvalue weighted by Crippen LogP contribution is 2.42. The van der Waals surface area contributed by atoms with Gasteiger partial charge >= 0.3 is 5.97 Å². The predicted octanol–water partition coefficient (Wildman–Crippen LogP) is 1.66. The molecule has 1 heterocycles. The summed E-state index contributed by atoms with van der Waals surface area (Å²) in [7, 11) is -2.03. The number of aliphatic hydroxyl groups is 2. The van der Waals surface area contributed by atoms with E-state index in [0.29, 0.717) is 0 Å². The summed E-state index contributed by atoms with van der Waals surface area (Å²) in [4.78, 5) is 12.2. The topological polar surface area (TPSA) is 85.2 Å². The van der Waals surface area contributed by atoms with Gasteiger partial charge in [0.1, 0.15) is 17.6 Å². The van der Waals surface area contributed by atoms with Crippen LogP contribution in [0.4, 0.5) is 0 Å². The number of esters is 1. The van der Waals surface area contributed by atoms with Gasteiger partial charge in [-0.3, -0.25) is 4.79 Å². The monoisotopic (exact) mass is 334 g/mol. The first-order valence-electron chi connectivity index (χ1n) is 7.70. The van der Waals surface area contributed by atoms with Crippen LogP contribution in [0.15, 0.2) is 0 Å². The summed E-state index contributed by atoms with van der Waals surface area (Å²) < 4.78 is 16.5. The lowest BCUT2D eigenvalue weighted by atomic mass is 9.81. The Kier molecular flexibility index (Phi) is 5.84. The van der Waals surface area contributed by atoms with Gasteiger partial charge in [0.15, 0.2) is 14.6 Å². The number of hydrogen-bond donors (Lipinski definition) is 2. The first-order valence-corrected chi connectivity index (χ1v) is 10.6. The number of carbonyl (C=O) groups is 1. The van der Waals surface area contributed by atoms with Crippen LogP contribution < -0.4 is 0 Å². The lowest BCUT2D eigenvalue weighted by Crippen LogP contribution is -2.50. The zero-order chi connectivity index (χ0) is 17.3. The maximum absolute atomic E-state index is 12.2. The lowest BCUT2D eigenvalue weighted by molar-refractivity contribution is -0.163. The Balaban J connectivity index is 2.90. The zero-order valence-electron chi connectivity index (χ0n) is 14.7. The summed E-state index contributed by atoms with van der Waals surface area (Å²) in [5.41, 5.74) is -1.34. The fourth-order valence-corrected chi connectivity index (χ4v) is 3.12. The van der Waals surface area contributed by atoms with E-state index in [0.717, 1.165) is 0 Å². The molecule has 0 aromatic heterocycles. The van der Waals surface area contributed by atoms with Gasteiger partial charge in [-0.1, -0.05) is 20.8 Å². The first-order chi connectivity index (χ1) is 9.88. The fraction of sp³-hybridized carbons (Fsp3) is 0.933. The molecule has 130 valence electrons. The second kappa shape index (κ2) is 6.57. The van der Waals surface area contributed by atoms with Crippen LogP contribution in [0.5, 0.6) is 0 Å². The number of ether oxygens (including phenoxy) is 2. The molecule has 1 unspecified atom stereocenters. The molecule has 0 bridgehead atoms. The molecule has 0 aliphatic carbocycles. The van der Waals surface area contributed by atoms with Crippen molar-refractivity contribution in [3.63, 3.8) is 0 Å². The van der Waals surface area contributed by atoms with Gasteiger partial charge < -0.3 is 24.1 Å². The second-order valence-corrected chi connectivity index (χ2v) is 12.3. The van der Waals surface area contributed by atoms with Gasteiger partial charge in [0.25, 0.3) is 0 Å². The van der Waals surface area contributed by atoms with Crippen molar-refractivity contribution in [2.45, 2.75) is 71.2 Å². The molecule has 0 aromatic carbocycles. The van der Waals surface area contributed by atoms with E-state index in [1.54, 1.807) is 13.8 Å². The molecule has 0 radical (unpaired) electrons. The molecule has 22 heavy (non-hydrogen) atoms. The number of aliphatic hydroxyl groups excluding tert-OH is 2. The van der Waals surface area contributed by atoms with E-state index < -0.39 is 38.2 Å². The van der Waals surface area contributed by atoms with Crippen molar-refractivity contribution in [2.75, 3.05) is 13.2 Å². The van der Waals surface area contributed by atoms with Gasteiger partial charge in [-0.25, -0.2) is 0 Å². The summed E-state index contributed by atoms with van der Waals surface area (Å²) in [5, 5.41) is 20.0. The SMILES string of the molecule is CCOC(=O)[C@@]1(C)[C@H](O)C(O)O[C@@H]1CO[Si](C)(C)C(C)(C)C. The minimum Gasteiger partial charge on any atom is -0.465 e. The molecule has 4 atom stereocenters. The summed E-state index contributed by atoms with van der Waals surface area (Å²) in [6.07, 6.45) is -3.49. The van der Waals surface area contributed by atoms with E-state index in [9.17, 15) is 15.0 Å². The maximum atomic E-state index is 12.2. The van der Waals surface area contributed by atoms with E-state index >= 15 is 0 Å². The summed E-state index contributed by atoms with van der Waals surface area (Å²) in [5.74, 6) is -0.581. The Hall–Kier alpha value is -0.473. The molecule has 1 aliphatic heterocycles. The van der Waals surface area contributed by atoms with Crippen LogP contribution in [-0.2, 0) is 18.7 Å². The van der Waals surface area contributed by atoms with E-state index in [1.807, 2.05) is 0 Å². The summed E-state index contributed by atoms with van der Waals surface area (Å²) in [6, 6.07) is 0. The standard InChI is InChI=1S/C15H30O6Si/c1-8-19-13(18)15(5)10(21-12(17)11(15)16)9-20-22(6,7)14(2,3)4/h10-12,16-17H,8-9H2,1-7H3/t10-,11-,12?,15-/m1/s1. The van der Waals surface area contributed by atoms with Gasteiger partial charge in [0, 0.05) is 0 Å². The van der Waals surface area contributed by atoms with Gasteiger partial charge in [-0.2, -0.15) is 0 Å². The Morgan fingerprint density at radius 2 is 1.86 bits per heavy atom. The van der Waals surface area contributed by atoms with Crippen LogP contribution in [0.1, 0.15) is 34.6 Å². The average Bonchev–Trinajstić information content (AvgIpc) is 2.61. The first kappa shape index (κ1) is 19.6. The van der Waals surface area contributed by atoms with Crippen molar-refractivity contribution >= 4 is 14.3 Å². The molecule has 0 spiro atoms. The van der Waals surface area contributed by atoms with Crippen molar-refractivity contribution in [1.29, 1.82) is 0 Å². The molecule has 1 aliphatic rings. The Labute approximate surface area is 133 Å². The van der Waals surface area contributed by atoms with Crippen LogP contribution in [0, 0.1) is 5.41 Å². The Morgan fingerprint density at radius 1 is 1.32 bits per heavy atom. The van der Waals surface area contributed by atoms with Gasteiger partial charge in [-0.05, 0) is 32.0 Å². The summed E-state index contributed by atoms with van der Waals surface area (Å²) in [6.45, 7) is 14.1. The Bertz CT molecular complexity index is 405. The van der Waals surface area contributed by atoms with Crippen LogP contribution in [0.25, 0.3) is 0 Å². The molecule has 0 saturated carbocycles. The normalized spacial score (nSPS) is 33.0. The van der Waals surface area contributed by atoms with Crippen LogP contribution in [0.3, 0.4) is 0 Å². The van der Waals surface area contributed by atoms with E-state index in [1.165, 1.54) is 0 Å². The Morgan fingerprint density at radius 3 is 2.32 bits per heavy atom. The molecule has 6 nitrogen and oxygen atoms in total. The maximum Gasteiger partial charge on any atom is 0.317 e. The van der Waals surface area contributed by atoms with Gasteiger partial charge in [0.05, 0.1) is 13.2 Å². The molecular formula is C15H30O6Si. The van der Waals surface area contributed by atoms with Crippen molar-refractivity contribution in [1.82, 2.24) is 0 Å². The van der Waals surface area contributed by atoms with E-state index in [4.69, 9.17) is 13.9 Å². The predicted molar refractivity (Wildman–Crippen MR) is 84.8 cm³/mol. The zero-order valence-corrected chi connectivity index (χ0v) is 15.7. The molecule has 2 N–H and O–H groups in total. The second-order valence-electron chi connectivity index (χ2n) is 7.53. The van der Waals surface area contributed by atoms with Gasteiger partial charge in [-0.15, -0.1) is 0 Å². The highest BCUT2D eigenvalue weighted by atomic mass is 28.4. The molecule has 7 heteroatoms. The third-order valence-electron chi connectivity index (χ3n) is 4.97. The van der Waals surface area contributed by atoms with Crippen molar-refractivity contribution < 1.29 is 28.9 Å². The highest BCUT2D eigenvalue weighted by molar-refractivity contribution is 6.74. The highest BCUT2D eigenvalue weighted by Gasteiger charge is 2.59. The smallest absolute Gasteiger partial charge is 0.317 e. The van der Waals surface area contributed by atoms with Crippen LogP contribution in [0.2, 0.25) is 18.1 Å². The number of carbonyl (C=O) groups excluding carboxylic acids is 1. The number of rotatable bonds is 5. The fourth-order valence-electron chi connectivity index (χ4n) is 2.12. The van der Waals surface area contributed by atoms with Crippen molar-refractivity contribution in [3.8, 4) is 0 Å². The third kappa shape index (κ3) is 3.54. The largest absolute Gasteiger partial charge is 0.465 e. The quantitative estimate of drug-likeness (QED) is 0.587. The van der Waals surface area contributed by atoms with Crippen molar-refractivity contribution in [3.05, 3.63) is 0 Å². The minimum atomic E-state index is -2.03. The van der Waals surface area contributed by atoms with E-state index in [-0.39, 0.29) is 18.3 Å². The molecule has 1 fully saturated rings. The van der Waals surface area contributed by atoms with Crippen molar-refractivity contribution in [2.24, 2.45) is 5.41 Å². The van der Waals surface area contributed by atoms with Crippen LogP contribution in [-0.4, -0.2) is 56.2 Å². The number of hydrogen-bond acceptors (Lipinski definition) is 6. The van der Waals surface area contributed by atoms with E-state index in [2.05, 4.69) is 33.9 Å². The molecule has 0 aromatic rings.